The minimum Gasteiger partial charge on any atom is -0.394 e. The Kier molecular flexibility index (Phi) is 17.0. The first-order chi connectivity index (χ1) is 34.9. The Bertz CT molecular complexity index is 1990. The summed E-state index contributed by atoms with van der Waals surface area (Å²) in [5.74, 6) is 1.25. The van der Waals surface area contributed by atoms with Gasteiger partial charge in [-0.3, -0.25) is 0 Å². The van der Waals surface area contributed by atoms with Gasteiger partial charge >= 0.3 is 0 Å². The monoisotopic (exact) mass is 1060 g/mol. The number of hydrogen-bond acceptors (Lipinski definition) is 20. The van der Waals surface area contributed by atoms with Gasteiger partial charge in [-0.05, 0) is 118 Å². The average molecular weight is 1060 g/mol. The molecular weight excluding hydrogens is 969 g/mol. The van der Waals surface area contributed by atoms with E-state index in [9.17, 15) is 51.1 Å². The van der Waals surface area contributed by atoms with E-state index in [1.165, 1.54) is 12.5 Å². The van der Waals surface area contributed by atoms with Crippen molar-refractivity contribution in [2.24, 2.45) is 45.3 Å². The second-order valence-electron chi connectivity index (χ2n) is 24.8. The summed E-state index contributed by atoms with van der Waals surface area (Å²) in [5.41, 5.74) is 2.28. The molecule has 0 bridgehead atoms. The van der Waals surface area contributed by atoms with Gasteiger partial charge in [-0.2, -0.15) is 0 Å². The van der Waals surface area contributed by atoms with Gasteiger partial charge < -0.3 is 98.4 Å². The van der Waals surface area contributed by atoms with Crippen molar-refractivity contribution in [2.45, 2.75) is 243 Å². The lowest BCUT2D eigenvalue weighted by molar-refractivity contribution is -0.400. The lowest BCUT2D eigenvalue weighted by atomic mass is 9.41. The highest BCUT2D eigenvalue weighted by Crippen LogP contribution is 2.74. The van der Waals surface area contributed by atoms with E-state index in [1.54, 1.807) is 5.57 Å². The van der Waals surface area contributed by atoms with Gasteiger partial charge in [0.1, 0.15) is 79.4 Å². The molecule has 0 amide bonds. The van der Waals surface area contributed by atoms with Crippen molar-refractivity contribution in [3.05, 3.63) is 23.3 Å². The Morgan fingerprint density at radius 3 is 1.92 bits per heavy atom. The zero-order chi connectivity index (χ0) is 53.6. The molecule has 9 aliphatic rings. The molecule has 9 rings (SSSR count). The standard InChI is InChI=1S/C54H88O20/c1-10-65-46-27(20-26(69-46)19-24(2)3)28-13-17-54(9)30-11-12-34-51(5,6)35(15-16-52(34,7)29(30)14-18-53(28,54)8)71-50-45(44(39(61)33(21-55)70-50)73-48-41(63)38(60)32(57)23-67-48)74-49-42(64)43(36(58)25(4)68-49)72-47-40(62)37(59)31(56)22-66-47/h11,19,25-29,31-50,55-64H,10,12-18,20-23H2,1-9H3/t25-,26-,27-,28-,29-,31+,32-,33+,34-,35-,36-,37-,38-,39+,40+,41+,42+,43+,44-,45+,46-,47-,48-,49-,50-,52+,53-,54+/m0/s1. The highest BCUT2D eigenvalue weighted by molar-refractivity contribution is 5.33. The number of hydrogen-bond donors (Lipinski definition) is 10. The number of allylic oxidation sites excluding steroid dienone is 3. The first-order valence-corrected chi connectivity index (χ1v) is 27.4. The zero-order valence-corrected chi connectivity index (χ0v) is 44.6. The molecule has 0 radical (unpaired) electrons. The first kappa shape index (κ1) is 57.4. The number of aliphatic hydroxyl groups is 10. The van der Waals surface area contributed by atoms with Gasteiger partial charge in [-0.25, -0.2) is 0 Å². The third-order valence-corrected chi connectivity index (χ3v) is 20.0. The minimum absolute atomic E-state index is 0.00679. The molecule has 20 heteroatoms. The predicted molar refractivity (Wildman–Crippen MR) is 260 cm³/mol. The minimum atomic E-state index is -1.84. The third kappa shape index (κ3) is 9.95. The Balaban J connectivity index is 0.983. The molecule has 10 N–H and O–H groups in total. The molecule has 8 fully saturated rings. The van der Waals surface area contributed by atoms with E-state index in [0.717, 1.165) is 44.9 Å². The average Bonchev–Trinajstić information content (AvgIpc) is 3.87. The maximum atomic E-state index is 11.9. The molecule has 0 aromatic rings. The molecule has 0 spiro atoms. The predicted octanol–water partition coefficient (Wildman–Crippen LogP) is 1.29. The van der Waals surface area contributed by atoms with Gasteiger partial charge in [0.05, 0.1) is 38.1 Å². The van der Waals surface area contributed by atoms with Crippen LogP contribution in [0.3, 0.4) is 0 Å². The Labute approximate surface area is 435 Å². The molecule has 0 unspecified atom stereocenters. The smallest absolute Gasteiger partial charge is 0.187 e. The van der Waals surface area contributed by atoms with Crippen LogP contribution in [0.5, 0.6) is 0 Å². The van der Waals surface area contributed by atoms with E-state index in [2.05, 4.69) is 60.6 Å². The molecule has 74 heavy (non-hydrogen) atoms. The lowest BCUT2D eigenvalue weighted by Crippen LogP contribution is -2.67. The summed E-state index contributed by atoms with van der Waals surface area (Å²) in [6.07, 6.45) is -16.6. The van der Waals surface area contributed by atoms with E-state index in [-0.39, 0.29) is 34.6 Å². The molecule has 424 valence electrons. The van der Waals surface area contributed by atoms with Crippen LogP contribution in [0.1, 0.15) is 114 Å². The van der Waals surface area contributed by atoms with Gasteiger partial charge in [0.25, 0.3) is 0 Å². The van der Waals surface area contributed by atoms with Crippen LogP contribution in [-0.2, 0) is 47.4 Å². The Hall–Kier alpha value is -1.32. The Morgan fingerprint density at radius 1 is 0.662 bits per heavy atom. The molecule has 0 aromatic carbocycles. The normalized spacial score (nSPS) is 53.4. The quantitative estimate of drug-likeness (QED) is 0.116. The fourth-order valence-corrected chi connectivity index (χ4v) is 15.7. The van der Waals surface area contributed by atoms with Crippen molar-refractivity contribution in [1.29, 1.82) is 0 Å². The molecule has 20 nitrogen and oxygen atoms in total. The number of rotatable bonds is 13. The zero-order valence-electron chi connectivity index (χ0n) is 44.6. The van der Waals surface area contributed by atoms with Crippen molar-refractivity contribution in [3.8, 4) is 0 Å². The van der Waals surface area contributed by atoms with Crippen LogP contribution >= 0.6 is 0 Å². The van der Waals surface area contributed by atoms with Crippen LogP contribution in [0.4, 0.5) is 0 Å². The SMILES string of the molecule is CCO[C@H]1O[C@@H](C=C(C)C)C[C@H]1[C@@H]1CC[C@]2(C)C3=CC[C@H]4C(C)(C)[C@@H](O[C@@H]5O[C@H](CO)[C@@H](O)[C@H](O[C@@H]6OC[C@H](O)[C@H](O)[C@H]6O)[C@H]5O[C@@H]5O[C@@H](C)[C@H](O)[C@@H](O[C@@H]6OC[C@@H](O)[C@H](O)[C@H]6O)[C@H]5O)CC[C@]4(C)[C@H]3CC[C@@]12C. The fraction of sp³-hybridized carbons (Fsp3) is 0.926. The lowest BCUT2D eigenvalue weighted by Gasteiger charge is -2.65. The summed E-state index contributed by atoms with van der Waals surface area (Å²) in [6, 6.07) is 0. The van der Waals surface area contributed by atoms with Crippen LogP contribution in [0.25, 0.3) is 0 Å². The van der Waals surface area contributed by atoms with Crippen molar-refractivity contribution in [3.63, 3.8) is 0 Å². The first-order valence-electron chi connectivity index (χ1n) is 27.4. The number of aliphatic hydroxyl groups excluding tert-OH is 10. The van der Waals surface area contributed by atoms with Gasteiger partial charge in [-0.1, -0.05) is 57.9 Å². The van der Waals surface area contributed by atoms with Gasteiger partial charge in [0, 0.05) is 12.5 Å². The van der Waals surface area contributed by atoms with Crippen molar-refractivity contribution >= 4 is 0 Å². The summed E-state index contributed by atoms with van der Waals surface area (Å²) in [7, 11) is 0. The van der Waals surface area contributed by atoms with Crippen LogP contribution < -0.4 is 0 Å². The van der Waals surface area contributed by atoms with Crippen LogP contribution in [0, 0.1) is 45.3 Å². The van der Waals surface area contributed by atoms with Crippen molar-refractivity contribution in [2.75, 3.05) is 26.4 Å². The molecule has 0 aromatic heterocycles. The summed E-state index contributed by atoms with van der Waals surface area (Å²) >= 11 is 0. The van der Waals surface area contributed by atoms with Crippen molar-refractivity contribution in [1.82, 2.24) is 0 Å². The van der Waals surface area contributed by atoms with E-state index in [0.29, 0.717) is 30.8 Å². The summed E-state index contributed by atoms with van der Waals surface area (Å²) in [4.78, 5) is 0. The van der Waals surface area contributed by atoms with Crippen LogP contribution in [0.15, 0.2) is 23.3 Å². The summed E-state index contributed by atoms with van der Waals surface area (Å²) in [6.45, 7) is 18.8. The molecule has 3 saturated carbocycles. The molecular formula is C54H88O20. The largest absolute Gasteiger partial charge is 0.394 e. The maximum absolute atomic E-state index is 11.9. The highest BCUT2D eigenvalue weighted by atomic mass is 16.8. The number of fused-ring (bicyclic) bond motifs is 5. The van der Waals surface area contributed by atoms with Crippen LogP contribution in [0.2, 0.25) is 0 Å². The third-order valence-electron chi connectivity index (χ3n) is 20.0. The summed E-state index contributed by atoms with van der Waals surface area (Å²) in [5, 5.41) is 109. The van der Waals surface area contributed by atoms with E-state index >= 15 is 0 Å². The van der Waals surface area contributed by atoms with Gasteiger partial charge in [0.15, 0.2) is 31.5 Å². The second-order valence-corrected chi connectivity index (χ2v) is 24.8. The highest BCUT2D eigenvalue weighted by Gasteiger charge is 2.67. The fourth-order valence-electron chi connectivity index (χ4n) is 15.7. The molecule has 28 atom stereocenters. The molecule has 5 aliphatic heterocycles. The topological polar surface area (TPSA) is 295 Å². The molecule has 5 saturated heterocycles. The number of ether oxygens (including phenoxy) is 10. The second kappa shape index (κ2) is 22.0. The maximum Gasteiger partial charge on any atom is 0.187 e. The van der Waals surface area contributed by atoms with Crippen molar-refractivity contribution < 1.29 is 98.4 Å². The van der Waals surface area contributed by atoms with Gasteiger partial charge in [0.2, 0.25) is 0 Å². The van der Waals surface area contributed by atoms with E-state index in [1.807, 2.05) is 6.92 Å². The summed E-state index contributed by atoms with van der Waals surface area (Å²) < 4.78 is 62.2. The van der Waals surface area contributed by atoms with E-state index < -0.39 is 142 Å². The van der Waals surface area contributed by atoms with Crippen LogP contribution in [-0.4, -0.2) is 207 Å². The van der Waals surface area contributed by atoms with Gasteiger partial charge in [-0.15, -0.1) is 0 Å². The van der Waals surface area contributed by atoms with E-state index in [4.69, 9.17) is 47.4 Å². The molecule has 5 heterocycles. The molecule has 4 aliphatic carbocycles. The Morgan fingerprint density at radius 2 is 1.30 bits per heavy atom.